The van der Waals surface area contributed by atoms with Crippen molar-refractivity contribution in [3.63, 3.8) is 0 Å². The summed E-state index contributed by atoms with van der Waals surface area (Å²) in [6.45, 7) is 7.74. The second-order valence-electron chi connectivity index (χ2n) is 5.87. The molecule has 0 saturated carbocycles. The molecule has 22 heavy (non-hydrogen) atoms. The lowest BCUT2D eigenvalue weighted by Gasteiger charge is -2.17. The van der Waals surface area contributed by atoms with E-state index < -0.39 is 0 Å². The predicted octanol–water partition coefficient (Wildman–Crippen LogP) is 4.65. The van der Waals surface area contributed by atoms with E-state index in [2.05, 4.69) is 56.4 Å². The van der Waals surface area contributed by atoms with E-state index in [4.69, 9.17) is 9.47 Å². The van der Waals surface area contributed by atoms with Gasteiger partial charge in [-0.05, 0) is 31.0 Å². The first-order valence-corrected chi connectivity index (χ1v) is 7.69. The minimum atomic E-state index is 0.475. The minimum Gasteiger partial charge on any atom is -0.493 e. The predicted molar refractivity (Wildman–Crippen MR) is 91.8 cm³/mol. The Morgan fingerprint density at radius 2 is 1.77 bits per heavy atom. The molecular formula is C19H25NO2. The number of methoxy groups -OCH3 is 1. The van der Waals surface area contributed by atoms with Gasteiger partial charge in [-0.15, -0.1) is 0 Å². The molecule has 0 aromatic heterocycles. The second-order valence-corrected chi connectivity index (χ2v) is 5.87. The molecule has 2 aromatic rings. The molecule has 2 aromatic carbocycles. The van der Waals surface area contributed by atoms with Gasteiger partial charge in [0, 0.05) is 17.8 Å². The van der Waals surface area contributed by atoms with Crippen LogP contribution in [0, 0.1) is 12.8 Å². The summed E-state index contributed by atoms with van der Waals surface area (Å²) < 4.78 is 11.4. The molecule has 0 heterocycles. The molecule has 118 valence electrons. The van der Waals surface area contributed by atoms with Crippen molar-refractivity contribution >= 4 is 5.69 Å². The maximum absolute atomic E-state index is 5.96. The van der Waals surface area contributed by atoms with Gasteiger partial charge in [-0.3, -0.25) is 0 Å². The van der Waals surface area contributed by atoms with Crippen LogP contribution in [0.4, 0.5) is 5.69 Å². The van der Waals surface area contributed by atoms with Crippen LogP contribution in [0.3, 0.4) is 0 Å². The molecule has 0 radical (unpaired) electrons. The number of hydrogen-bond acceptors (Lipinski definition) is 3. The Morgan fingerprint density at radius 1 is 1.05 bits per heavy atom. The largest absolute Gasteiger partial charge is 0.493 e. The zero-order valence-corrected chi connectivity index (χ0v) is 13.8. The minimum absolute atomic E-state index is 0.475. The van der Waals surface area contributed by atoms with E-state index in [0.29, 0.717) is 19.1 Å². The zero-order valence-electron chi connectivity index (χ0n) is 13.8. The van der Waals surface area contributed by atoms with Crippen LogP contribution in [0.15, 0.2) is 42.5 Å². The van der Waals surface area contributed by atoms with Crippen LogP contribution in [0.25, 0.3) is 0 Å². The maximum Gasteiger partial charge on any atom is 0.166 e. The number of aryl methyl sites for hydroxylation is 1. The lowest BCUT2D eigenvalue weighted by Crippen LogP contribution is -2.09. The zero-order chi connectivity index (χ0) is 15.9. The van der Waals surface area contributed by atoms with Crippen molar-refractivity contribution in [2.45, 2.75) is 27.3 Å². The summed E-state index contributed by atoms with van der Waals surface area (Å²) in [5, 5.41) is 3.43. The molecule has 1 N–H and O–H groups in total. The normalized spacial score (nSPS) is 10.6. The first-order chi connectivity index (χ1) is 10.6. The Hall–Kier alpha value is -2.16. The van der Waals surface area contributed by atoms with Gasteiger partial charge < -0.3 is 14.8 Å². The van der Waals surface area contributed by atoms with Crippen LogP contribution in [-0.2, 0) is 6.54 Å². The number of ether oxygens (including phenoxy) is 2. The van der Waals surface area contributed by atoms with Crippen LogP contribution in [0.1, 0.15) is 25.0 Å². The van der Waals surface area contributed by atoms with Crippen molar-refractivity contribution in [3.8, 4) is 11.5 Å². The van der Waals surface area contributed by atoms with Gasteiger partial charge >= 0.3 is 0 Å². The Morgan fingerprint density at radius 3 is 2.41 bits per heavy atom. The van der Waals surface area contributed by atoms with Crippen molar-refractivity contribution in [1.82, 2.24) is 0 Å². The van der Waals surface area contributed by atoms with Gasteiger partial charge in [-0.1, -0.05) is 43.7 Å². The van der Waals surface area contributed by atoms with Crippen LogP contribution < -0.4 is 14.8 Å². The van der Waals surface area contributed by atoms with Gasteiger partial charge in [-0.2, -0.15) is 0 Å². The highest BCUT2D eigenvalue weighted by Crippen LogP contribution is 2.32. The number of benzene rings is 2. The Labute approximate surface area is 133 Å². The molecule has 0 saturated heterocycles. The monoisotopic (exact) mass is 299 g/mol. The third-order valence-electron chi connectivity index (χ3n) is 3.38. The average molecular weight is 299 g/mol. The first-order valence-electron chi connectivity index (χ1n) is 7.69. The molecule has 0 aliphatic heterocycles. The van der Waals surface area contributed by atoms with E-state index in [1.807, 2.05) is 12.1 Å². The molecule has 3 heteroatoms. The molecule has 0 atom stereocenters. The molecule has 0 aliphatic rings. The number of para-hydroxylation sites is 1. The lowest BCUT2D eigenvalue weighted by molar-refractivity contribution is 0.254. The Bertz CT molecular complexity index is 591. The van der Waals surface area contributed by atoms with Crippen molar-refractivity contribution in [3.05, 3.63) is 53.6 Å². The van der Waals surface area contributed by atoms with Crippen molar-refractivity contribution in [2.24, 2.45) is 5.92 Å². The summed E-state index contributed by atoms with van der Waals surface area (Å²) >= 11 is 0. The van der Waals surface area contributed by atoms with E-state index in [1.54, 1.807) is 7.11 Å². The molecule has 0 unspecified atom stereocenters. The van der Waals surface area contributed by atoms with E-state index >= 15 is 0 Å². The summed E-state index contributed by atoms with van der Waals surface area (Å²) in [4.78, 5) is 0. The van der Waals surface area contributed by atoms with Gasteiger partial charge in [0.05, 0.1) is 13.7 Å². The third-order valence-corrected chi connectivity index (χ3v) is 3.38. The second kappa shape index (κ2) is 7.74. The highest BCUT2D eigenvalue weighted by atomic mass is 16.5. The maximum atomic E-state index is 5.96. The van der Waals surface area contributed by atoms with E-state index in [0.717, 1.165) is 22.7 Å². The molecular weight excluding hydrogens is 274 g/mol. The summed E-state index contributed by atoms with van der Waals surface area (Å²) in [5.41, 5.74) is 3.46. The van der Waals surface area contributed by atoms with E-state index in [-0.39, 0.29) is 0 Å². The summed E-state index contributed by atoms with van der Waals surface area (Å²) in [7, 11) is 1.68. The van der Waals surface area contributed by atoms with Crippen molar-refractivity contribution in [2.75, 3.05) is 19.0 Å². The molecule has 0 spiro atoms. The van der Waals surface area contributed by atoms with Crippen LogP contribution in [-0.4, -0.2) is 13.7 Å². The molecule has 0 bridgehead atoms. The molecule has 0 amide bonds. The van der Waals surface area contributed by atoms with Gasteiger partial charge in [0.1, 0.15) is 0 Å². The van der Waals surface area contributed by atoms with Gasteiger partial charge in [-0.25, -0.2) is 0 Å². The smallest absolute Gasteiger partial charge is 0.166 e. The molecule has 0 aliphatic carbocycles. The first kappa shape index (κ1) is 16.2. The van der Waals surface area contributed by atoms with Crippen LogP contribution in [0.2, 0.25) is 0 Å². The highest BCUT2D eigenvalue weighted by molar-refractivity contribution is 5.50. The van der Waals surface area contributed by atoms with E-state index in [9.17, 15) is 0 Å². The van der Waals surface area contributed by atoms with Crippen LogP contribution in [0.5, 0.6) is 11.5 Å². The SMILES string of the molecule is COc1cccc(CNc2ccc(C)cc2)c1OCC(C)C. The van der Waals surface area contributed by atoms with Gasteiger partial charge in [0.25, 0.3) is 0 Å². The fraction of sp³-hybridized carbons (Fsp3) is 0.368. The fourth-order valence-electron chi connectivity index (χ4n) is 2.14. The Kier molecular flexibility index (Phi) is 5.70. The Balaban J connectivity index is 2.13. The summed E-state index contributed by atoms with van der Waals surface area (Å²) in [6.07, 6.45) is 0. The van der Waals surface area contributed by atoms with Crippen molar-refractivity contribution < 1.29 is 9.47 Å². The fourth-order valence-corrected chi connectivity index (χ4v) is 2.14. The molecule has 2 rings (SSSR count). The standard InChI is InChI=1S/C19H25NO2/c1-14(2)13-22-19-16(6-5-7-18(19)21-4)12-20-17-10-8-15(3)9-11-17/h5-11,14,20H,12-13H2,1-4H3. The number of anilines is 1. The number of hydrogen-bond donors (Lipinski definition) is 1. The van der Waals surface area contributed by atoms with Gasteiger partial charge in [0.15, 0.2) is 11.5 Å². The van der Waals surface area contributed by atoms with E-state index in [1.165, 1.54) is 5.56 Å². The quantitative estimate of drug-likeness (QED) is 0.807. The highest BCUT2D eigenvalue weighted by Gasteiger charge is 2.11. The van der Waals surface area contributed by atoms with Gasteiger partial charge in [0.2, 0.25) is 0 Å². The van der Waals surface area contributed by atoms with Crippen molar-refractivity contribution in [1.29, 1.82) is 0 Å². The average Bonchev–Trinajstić information content (AvgIpc) is 2.52. The summed E-state index contributed by atoms with van der Waals surface area (Å²) in [6, 6.07) is 14.4. The number of nitrogens with one attached hydrogen (secondary N) is 1. The lowest BCUT2D eigenvalue weighted by atomic mass is 10.1. The number of rotatable bonds is 7. The molecule has 0 fully saturated rings. The van der Waals surface area contributed by atoms with Crippen LogP contribution >= 0.6 is 0 Å². The third kappa shape index (κ3) is 4.42. The summed E-state index contributed by atoms with van der Waals surface area (Å²) in [5.74, 6) is 2.09. The molecule has 3 nitrogen and oxygen atoms in total. The topological polar surface area (TPSA) is 30.5 Å².